The molecule has 10 heteroatoms. The molecule has 2 heterocycles. The lowest BCUT2D eigenvalue weighted by molar-refractivity contribution is -0.384. The number of hydrogen-bond acceptors (Lipinski definition) is 7. The zero-order valence-corrected chi connectivity index (χ0v) is 19.2. The average molecular weight is 483 g/mol. The number of ether oxygens (including phenoxy) is 2. The molecule has 176 valence electrons. The number of amides is 1. The van der Waals surface area contributed by atoms with E-state index in [1.807, 2.05) is 19.1 Å². The van der Waals surface area contributed by atoms with Gasteiger partial charge in [0.15, 0.2) is 11.5 Å². The van der Waals surface area contributed by atoms with Gasteiger partial charge in [-0.25, -0.2) is 0 Å². The van der Waals surface area contributed by atoms with Crippen LogP contribution in [-0.2, 0) is 6.54 Å². The van der Waals surface area contributed by atoms with Crippen LogP contribution in [0.5, 0.6) is 11.5 Å². The Morgan fingerprint density at radius 2 is 2.03 bits per heavy atom. The summed E-state index contributed by atoms with van der Waals surface area (Å²) < 4.78 is 11.3. The lowest BCUT2D eigenvalue weighted by Crippen LogP contribution is -2.23. The van der Waals surface area contributed by atoms with E-state index >= 15 is 0 Å². The van der Waals surface area contributed by atoms with E-state index in [0.29, 0.717) is 35.4 Å². The molecule has 1 aromatic heterocycles. The van der Waals surface area contributed by atoms with Crippen molar-refractivity contribution in [2.75, 3.05) is 18.5 Å². The number of nitrogens with zero attached hydrogens (tertiary/aromatic N) is 2. The lowest BCUT2D eigenvalue weighted by atomic mass is 10.1. The highest BCUT2D eigenvalue weighted by Crippen LogP contribution is 2.38. The number of nitro groups is 1. The van der Waals surface area contributed by atoms with Crippen molar-refractivity contribution >= 4 is 28.9 Å². The van der Waals surface area contributed by atoms with Crippen molar-refractivity contribution in [1.29, 1.82) is 0 Å². The molecule has 34 heavy (non-hydrogen) atoms. The summed E-state index contributed by atoms with van der Waals surface area (Å²) in [5, 5.41) is 17.9. The van der Waals surface area contributed by atoms with Crippen LogP contribution in [0.15, 0.2) is 54.7 Å². The molecule has 0 bridgehead atoms. The Morgan fingerprint density at radius 3 is 2.79 bits per heavy atom. The van der Waals surface area contributed by atoms with Gasteiger partial charge in [0, 0.05) is 30.8 Å². The van der Waals surface area contributed by atoms with Gasteiger partial charge in [0.25, 0.3) is 11.6 Å². The number of carbonyl (C=O) groups excluding carboxylic acids is 1. The summed E-state index contributed by atoms with van der Waals surface area (Å²) in [5.41, 5.74) is 1.73. The number of rotatable bonds is 7. The van der Waals surface area contributed by atoms with Gasteiger partial charge in [0.05, 0.1) is 34.9 Å². The summed E-state index contributed by atoms with van der Waals surface area (Å²) in [6, 6.07) is 13.0. The number of benzene rings is 2. The Morgan fingerprint density at radius 1 is 1.21 bits per heavy atom. The maximum Gasteiger partial charge on any atom is 0.293 e. The van der Waals surface area contributed by atoms with Crippen LogP contribution < -0.4 is 20.1 Å². The molecule has 0 saturated heterocycles. The van der Waals surface area contributed by atoms with Gasteiger partial charge in [-0.3, -0.25) is 19.9 Å². The molecule has 3 aromatic rings. The minimum absolute atomic E-state index is 0.166. The van der Waals surface area contributed by atoms with Gasteiger partial charge in [-0.15, -0.1) is 0 Å². The number of pyridine rings is 1. The van der Waals surface area contributed by atoms with E-state index in [-0.39, 0.29) is 23.8 Å². The van der Waals surface area contributed by atoms with Gasteiger partial charge in [0.1, 0.15) is 5.69 Å². The van der Waals surface area contributed by atoms with Gasteiger partial charge in [-0.2, -0.15) is 0 Å². The molecular weight excluding hydrogens is 460 g/mol. The van der Waals surface area contributed by atoms with Crippen molar-refractivity contribution in [3.05, 3.63) is 86.7 Å². The summed E-state index contributed by atoms with van der Waals surface area (Å²) >= 11 is 6.31. The summed E-state index contributed by atoms with van der Waals surface area (Å²) in [6.45, 7) is 3.06. The zero-order chi connectivity index (χ0) is 24.1. The Labute approximate surface area is 201 Å². The summed E-state index contributed by atoms with van der Waals surface area (Å²) in [4.78, 5) is 28.1. The van der Waals surface area contributed by atoms with Gasteiger partial charge < -0.3 is 20.1 Å². The number of halogens is 1. The predicted octanol–water partition coefficient (Wildman–Crippen LogP) is 4.91. The number of hydrogen-bond donors (Lipinski definition) is 2. The minimum atomic E-state index is -0.520. The molecule has 0 fully saturated rings. The van der Waals surface area contributed by atoms with E-state index in [1.165, 1.54) is 18.2 Å². The van der Waals surface area contributed by atoms with Crippen LogP contribution in [-0.4, -0.2) is 29.0 Å². The number of fused-ring (bicyclic) bond motifs is 1. The molecule has 0 aliphatic carbocycles. The second-order valence-electron chi connectivity index (χ2n) is 7.75. The van der Waals surface area contributed by atoms with Crippen molar-refractivity contribution < 1.29 is 19.2 Å². The third kappa shape index (κ3) is 5.37. The quantitative estimate of drug-likeness (QED) is 0.363. The first-order valence-corrected chi connectivity index (χ1v) is 11.1. The van der Waals surface area contributed by atoms with E-state index in [2.05, 4.69) is 15.6 Å². The molecule has 4 rings (SSSR count). The maximum atomic E-state index is 12.7. The topological polar surface area (TPSA) is 116 Å². The second kappa shape index (κ2) is 10.4. The highest BCUT2D eigenvalue weighted by atomic mass is 35.5. The van der Waals surface area contributed by atoms with Crippen LogP contribution in [0.25, 0.3) is 0 Å². The van der Waals surface area contributed by atoms with Crippen molar-refractivity contribution in [1.82, 2.24) is 10.3 Å². The first-order chi connectivity index (χ1) is 16.4. The fraction of sp³-hybridized carbons (Fsp3) is 0.250. The highest BCUT2D eigenvalue weighted by molar-refractivity contribution is 6.32. The van der Waals surface area contributed by atoms with Crippen molar-refractivity contribution in [3.8, 4) is 11.5 Å². The van der Waals surface area contributed by atoms with Crippen LogP contribution in [0.3, 0.4) is 0 Å². The lowest BCUT2D eigenvalue weighted by Gasteiger charge is -2.15. The number of carbonyl (C=O) groups is 1. The summed E-state index contributed by atoms with van der Waals surface area (Å²) in [5.74, 6) is 0.575. The maximum absolute atomic E-state index is 12.7. The molecule has 2 aromatic carbocycles. The molecular formula is C24H23ClN4O5. The number of nitro benzene ring substituents is 1. The fourth-order valence-electron chi connectivity index (χ4n) is 3.56. The number of nitrogens with one attached hydrogen (secondary N) is 2. The van der Waals surface area contributed by atoms with E-state index in [0.717, 1.165) is 17.7 Å². The molecule has 1 aliphatic rings. The van der Waals surface area contributed by atoms with E-state index in [1.54, 1.807) is 24.4 Å². The predicted molar refractivity (Wildman–Crippen MR) is 128 cm³/mol. The largest absolute Gasteiger partial charge is 0.489 e. The Balaban J connectivity index is 1.47. The monoisotopic (exact) mass is 482 g/mol. The van der Waals surface area contributed by atoms with E-state index < -0.39 is 10.8 Å². The standard InChI is InChI=1S/C24H23ClN4O5/c1-15(19-5-2-3-8-26-19)28-20-7-6-17(13-21(20)29(31)32)24(30)27-14-16-11-18(25)23-22(12-16)33-9-4-10-34-23/h2-3,5-8,11-13,15,28H,4,9-10,14H2,1H3,(H,27,30). The van der Waals surface area contributed by atoms with Gasteiger partial charge in [-0.1, -0.05) is 17.7 Å². The Hall–Kier alpha value is -3.85. The molecule has 1 atom stereocenters. The molecule has 1 aliphatic heterocycles. The van der Waals surface area contributed by atoms with E-state index in [4.69, 9.17) is 21.1 Å². The summed E-state index contributed by atoms with van der Waals surface area (Å²) in [7, 11) is 0. The van der Waals surface area contributed by atoms with Crippen LogP contribution in [0, 0.1) is 10.1 Å². The zero-order valence-electron chi connectivity index (χ0n) is 18.4. The first-order valence-electron chi connectivity index (χ1n) is 10.7. The Kier molecular flexibility index (Phi) is 7.12. The van der Waals surface area contributed by atoms with Crippen LogP contribution in [0.1, 0.15) is 41.0 Å². The average Bonchev–Trinajstić information content (AvgIpc) is 3.09. The van der Waals surface area contributed by atoms with Gasteiger partial charge in [0.2, 0.25) is 0 Å². The third-order valence-corrected chi connectivity index (χ3v) is 5.56. The third-order valence-electron chi connectivity index (χ3n) is 5.28. The SMILES string of the molecule is CC(Nc1ccc(C(=O)NCc2cc(Cl)c3c(c2)OCCCO3)cc1[N+](=O)[O-])c1ccccn1. The molecule has 1 unspecified atom stereocenters. The van der Waals surface area contributed by atoms with Crippen LogP contribution in [0.2, 0.25) is 5.02 Å². The van der Waals surface area contributed by atoms with Gasteiger partial charge in [-0.05, 0) is 48.9 Å². The summed E-state index contributed by atoms with van der Waals surface area (Å²) in [6.07, 6.45) is 2.41. The highest BCUT2D eigenvalue weighted by Gasteiger charge is 2.20. The van der Waals surface area contributed by atoms with E-state index in [9.17, 15) is 14.9 Å². The second-order valence-corrected chi connectivity index (χ2v) is 8.15. The number of anilines is 1. The van der Waals surface area contributed by atoms with Crippen molar-refractivity contribution in [2.24, 2.45) is 0 Å². The molecule has 9 nitrogen and oxygen atoms in total. The van der Waals surface area contributed by atoms with Crippen LogP contribution in [0.4, 0.5) is 11.4 Å². The molecule has 0 saturated carbocycles. The van der Waals surface area contributed by atoms with Gasteiger partial charge >= 0.3 is 0 Å². The smallest absolute Gasteiger partial charge is 0.293 e. The normalized spacial score (nSPS) is 13.5. The van der Waals surface area contributed by atoms with Crippen molar-refractivity contribution in [3.63, 3.8) is 0 Å². The fourth-order valence-corrected chi connectivity index (χ4v) is 3.84. The minimum Gasteiger partial charge on any atom is -0.489 e. The van der Waals surface area contributed by atoms with Crippen molar-refractivity contribution in [2.45, 2.75) is 25.9 Å². The molecule has 0 spiro atoms. The molecule has 2 N–H and O–H groups in total. The van der Waals surface area contributed by atoms with Crippen LogP contribution >= 0.6 is 11.6 Å². The number of aromatic nitrogens is 1. The first kappa shape index (κ1) is 23.3. The molecule has 0 radical (unpaired) electrons. The Bertz CT molecular complexity index is 1210. The molecule has 1 amide bonds.